The van der Waals surface area contributed by atoms with Crippen LogP contribution in [0.15, 0.2) is 36.2 Å². The summed E-state index contributed by atoms with van der Waals surface area (Å²) in [5, 5.41) is 18.0. The fraction of sp³-hybridized carbons (Fsp3) is 0.478. The number of alkyl halides is 3. The number of rotatable bonds is 8. The van der Waals surface area contributed by atoms with Crippen LogP contribution in [0.4, 0.5) is 18.9 Å². The minimum absolute atomic E-state index is 0.0425. The SMILES string of the molecule is CN(C(=O)C1(N(C=S)C2=CCC(CCCO)C=C2)CCC1)c1cnc(C#N)c(C(F)(F)F)c1. The van der Waals surface area contributed by atoms with Gasteiger partial charge < -0.3 is 14.9 Å². The smallest absolute Gasteiger partial charge is 0.396 e. The van der Waals surface area contributed by atoms with Crippen molar-refractivity contribution >= 4 is 29.3 Å². The molecule has 0 saturated heterocycles. The summed E-state index contributed by atoms with van der Waals surface area (Å²) in [6.07, 6.45) is 6.41. The molecule has 2 aliphatic carbocycles. The van der Waals surface area contributed by atoms with E-state index in [4.69, 9.17) is 22.6 Å². The van der Waals surface area contributed by atoms with Gasteiger partial charge in [-0.1, -0.05) is 24.4 Å². The third-order valence-electron chi connectivity index (χ3n) is 6.30. The fourth-order valence-corrected chi connectivity index (χ4v) is 4.57. The third-order valence-corrected chi connectivity index (χ3v) is 6.51. The predicted molar refractivity (Wildman–Crippen MR) is 121 cm³/mol. The van der Waals surface area contributed by atoms with E-state index in [1.165, 1.54) is 18.6 Å². The largest absolute Gasteiger partial charge is 0.419 e. The fourth-order valence-electron chi connectivity index (χ4n) is 4.25. The number of anilines is 1. The topological polar surface area (TPSA) is 80.5 Å². The molecule has 176 valence electrons. The van der Waals surface area contributed by atoms with Gasteiger partial charge in [-0.2, -0.15) is 18.4 Å². The summed E-state index contributed by atoms with van der Waals surface area (Å²) in [5.74, 6) is -0.0831. The number of aliphatic hydroxyl groups is 1. The van der Waals surface area contributed by atoms with Crippen LogP contribution in [-0.2, 0) is 11.0 Å². The van der Waals surface area contributed by atoms with Crippen LogP contribution >= 0.6 is 12.2 Å². The van der Waals surface area contributed by atoms with E-state index >= 15 is 0 Å². The minimum Gasteiger partial charge on any atom is -0.396 e. The zero-order valence-corrected chi connectivity index (χ0v) is 19.0. The second-order valence-electron chi connectivity index (χ2n) is 8.27. The molecular weight excluding hydrogens is 453 g/mol. The van der Waals surface area contributed by atoms with Crippen LogP contribution in [0.25, 0.3) is 0 Å². The molecule has 6 nitrogen and oxygen atoms in total. The second-order valence-corrected chi connectivity index (χ2v) is 8.48. The van der Waals surface area contributed by atoms with Crippen LogP contribution in [0.3, 0.4) is 0 Å². The van der Waals surface area contributed by atoms with Gasteiger partial charge >= 0.3 is 6.18 Å². The van der Waals surface area contributed by atoms with E-state index in [-0.39, 0.29) is 18.2 Å². The zero-order chi connectivity index (χ0) is 24.2. The lowest BCUT2D eigenvalue weighted by Gasteiger charge is -2.50. The Morgan fingerprint density at radius 3 is 2.67 bits per heavy atom. The Labute approximate surface area is 196 Å². The number of aliphatic hydroxyl groups excluding tert-OH is 1. The highest BCUT2D eigenvalue weighted by molar-refractivity contribution is 7.78. The lowest BCUT2D eigenvalue weighted by atomic mass is 9.73. The lowest BCUT2D eigenvalue weighted by Crippen LogP contribution is -2.62. The summed E-state index contributed by atoms with van der Waals surface area (Å²) in [5.41, 5.74) is -0.744. The third kappa shape index (κ3) is 4.94. The van der Waals surface area contributed by atoms with Crippen LogP contribution in [0.2, 0.25) is 0 Å². The van der Waals surface area contributed by atoms with Crippen LogP contribution in [0, 0.1) is 17.2 Å². The summed E-state index contributed by atoms with van der Waals surface area (Å²) in [4.78, 5) is 20.1. The van der Waals surface area contributed by atoms with Gasteiger partial charge in [0.2, 0.25) is 0 Å². The molecule has 33 heavy (non-hydrogen) atoms. The summed E-state index contributed by atoms with van der Waals surface area (Å²) in [7, 11) is 1.41. The molecule has 0 aliphatic heterocycles. The Balaban J connectivity index is 1.87. The van der Waals surface area contributed by atoms with E-state index in [1.807, 2.05) is 18.2 Å². The average molecular weight is 479 g/mol. The van der Waals surface area contributed by atoms with Gasteiger partial charge in [0.15, 0.2) is 5.69 Å². The molecule has 0 radical (unpaired) electrons. The number of thiocarbonyl (C=S) groups is 1. The Bertz CT molecular complexity index is 1010. The maximum absolute atomic E-state index is 13.6. The Morgan fingerprint density at radius 1 is 1.45 bits per heavy atom. The number of nitriles is 1. The lowest BCUT2D eigenvalue weighted by molar-refractivity contribution is -0.138. The van der Waals surface area contributed by atoms with Crippen molar-refractivity contribution in [2.75, 3.05) is 18.6 Å². The van der Waals surface area contributed by atoms with Gasteiger partial charge in [0.25, 0.3) is 5.91 Å². The van der Waals surface area contributed by atoms with Gasteiger partial charge in [0.1, 0.15) is 11.6 Å². The zero-order valence-electron chi connectivity index (χ0n) is 18.2. The van der Waals surface area contributed by atoms with Crippen LogP contribution in [0.5, 0.6) is 0 Å². The number of aromatic nitrogens is 1. The highest BCUT2D eigenvalue weighted by Crippen LogP contribution is 2.43. The molecule has 1 heterocycles. The summed E-state index contributed by atoms with van der Waals surface area (Å²) >= 11 is 5.25. The van der Waals surface area contributed by atoms with Gasteiger partial charge in [-0.3, -0.25) is 4.79 Å². The van der Waals surface area contributed by atoms with Gasteiger partial charge in [-0.25, -0.2) is 4.98 Å². The highest BCUT2D eigenvalue weighted by atomic mass is 32.1. The number of pyridine rings is 1. The van der Waals surface area contributed by atoms with Crippen molar-refractivity contribution in [3.05, 3.63) is 47.4 Å². The normalized spacial score (nSPS) is 19.2. The molecule has 0 bridgehead atoms. The molecule has 1 fully saturated rings. The van der Waals surface area contributed by atoms with Crippen molar-refractivity contribution in [1.29, 1.82) is 5.26 Å². The average Bonchev–Trinajstić information content (AvgIpc) is 2.78. The van der Waals surface area contributed by atoms with Crippen molar-refractivity contribution in [3.8, 4) is 6.07 Å². The van der Waals surface area contributed by atoms with Gasteiger partial charge in [0, 0.05) is 19.4 Å². The number of halogens is 3. The number of nitrogens with zero attached hydrogens (tertiary/aromatic N) is 4. The van der Waals surface area contributed by atoms with E-state index in [1.54, 1.807) is 4.90 Å². The summed E-state index contributed by atoms with van der Waals surface area (Å²) in [6, 6.07) is 2.23. The molecule has 3 rings (SSSR count). The molecule has 1 atom stereocenters. The predicted octanol–water partition coefficient (Wildman–Crippen LogP) is 4.35. The Hall–Kier alpha value is -2.77. The first kappa shape index (κ1) is 24.9. The monoisotopic (exact) mass is 478 g/mol. The number of allylic oxidation sites excluding steroid dienone is 3. The number of amides is 1. The molecular formula is C23H25F3N4O2S. The maximum Gasteiger partial charge on any atom is 0.419 e. The molecule has 1 aromatic rings. The van der Waals surface area contributed by atoms with Gasteiger partial charge in [-0.05, 0) is 56.6 Å². The summed E-state index contributed by atoms with van der Waals surface area (Å²) < 4.78 is 40.1. The van der Waals surface area contributed by atoms with E-state index < -0.39 is 23.0 Å². The maximum atomic E-state index is 13.6. The van der Waals surface area contributed by atoms with E-state index in [2.05, 4.69) is 4.98 Å². The number of likely N-dealkylation sites (N-methyl/N-ethyl adjacent to an activating group) is 1. The molecule has 1 saturated carbocycles. The Kier molecular flexibility index (Phi) is 7.55. The van der Waals surface area contributed by atoms with E-state index in [0.29, 0.717) is 25.2 Å². The number of carbonyl (C=O) groups excluding carboxylic acids is 1. The molecule has 1 N–H and O–H groups in total. The van der Waals surface area contributed by atoms with Crippen molar-refractivity contribution in [2.24, 2.45) is 5.92 Å². The first-order valence-corrected chi connectivity index (χ1v) is 11.1. The van der Waals surface area contributed by atoms with Crippen LogP contribution in [0.1, 0.15) is 49.8 Å². The first-order valence-electron chi connectivity index (χ1n) is 10.7. The van der Waals surface area contributed by atoms with Crippen molar-refractivity contribution < 1.29 is 23.1 Å². The minimum atomic E-state index is -4.77. The molecule has 10 heteroatoms. The molecule has 0 spiro atoms. The number of hydrogen-bond acceptors (Lipinski definition) is 5. The van der Waals surface area contributed by atoms with Crippen molar-refractivity contribution in [3.63, 3.8) is 0 Å². The van der Waals surface area contributed by atoms with Crippen molar-refractivity contribution in [2.45, 2.75) is 50.2 Å². The van der Waals surface area contributed by atoms with Crippen LogP contribution < -0.4 is 4.90 Å². The molecule has 0 aromatic carbocycles. The summed E-state index contributed by atoms with van der Waals surface area (Å²) in [6.45, 7) is 0.136. The second kappa shape index (κ2) is 10.0. The molecule has 1 aromatic heterocycles. The standard InChI is InChI=1S/C23H25F3N4O2S/c1-29(18-12-19(23(24,25)26)20(13-27)28-14-18)21(32)22(9-3-10-22)30(15-33)17-7-5-16(6-8-17)4-2-11-31/h5,7-8,12,14-16,31H,2-4,6,9-11H2,1H3. The number of carbonyl (C=O) groups is 1. The van der Waals surface area contributed by atoms with Gasteiger partial charge in [0.05, 0.1) is 22.9 Å². The molecule has 2 aliphatic rings. The Morgan fingerprint density at radius 2 is 2.18 bits per heavy atom. The number of hydrogen-bond donors (Lipinski definition) is 1. The van der Waals surface area contributed by atoms with E-state index in [9.17, 15) is 18.0 Å². The van der Waals surface area contributed by atoms with Gasteiger partial charge in [-0.15, -0.1) is 0 Å². The van der Waals surface area contributed by atoms with Crippen LogP contribution in [-0.4, -0.2) is 45.6 Å². The van der Waals surface area contributed by atoms with Crippen molar-refractivity contribution in [1.82, 2.24) is 9.88 Å². The van der Waals surface area contributed by atoms with E-state index in [0.717, 1.165) is 42.1 Å². The first-order chi connectivity index (χ1) is 15.7. The highest BCUT2D eigenvalue weighted by Gasteiger charge is 2.51. The quantitative estimate of drug-likeness (QED) is 0.560. The molecule has 1 amide bonds. The molecule has 1 unspecified atom stereocenters.